The summed E-state index contributed by atoms with van der Waals surface area (Å²) >= 11 is 0. The van der Waals surface area contributed by atoms with E-state index in [9.17, 15) is 9.59 Å². The molecule has 0 unspecified atom stereocenters. The number of rotatable bonds is 3. The lowest BCUT2D eigenvalue weighted by Crippen LogP contribution is -2.44. The summed E-state index contributed by atoms with van der Waals surface area (Å²) in [6, 6.07) is 7.59. The SMILES string of the molecule is CCN1CC2(CCN(C(=O)c3cccc(-c4ncc[nH]4)c3)CC2)CC1=O. The van der Waals surface area contributed by atoms with Gasteiger partial charge in [-0.3, -0.25) is 9.59 Å². The molecule has 2 aliphatic rings. The maximum absolute atomic E-state index is 12.9. The fourth-order valence-corrected chi connectivity index (χ4v) is 4.19. The second-order valence-corrected chi connectivity index (χ2v) is 7.40. The maximum atomic E-state index is 12.9. The van der Waals surface area contributed by atoms with E-state index in [-0.39, 0.29) is 17.2 Å². The van der Waals surface area contributed by atoms with Crippen molar-refractivity contribution in [3.63, 3.8) is 0 Å². The highest BCUT2D eigenvalue weighted by Crippen LogP contribution is 2.41. The van der Waals surface area contributed by atoms with E-state index in [4.69, 9.17) is 0 Å². The van der Waals surface area contributed by atoms with Crippen molar-refractivity contribution in [2.45, 2.75) is 26.2 Å². The number of piperidine rings is 1. The van der Waals surface area contributed by atoms with Crippen molar-refractivity contribution in [2.75, 3.05) is 26.2 Å². The monoisotopic (exact) mass is 352 g/mol. The molecule has 26 heavy (non-hydrogen) atoms. The van der Waals surface area contributed by atoms with E-state index in [1.807, 2.05) is 41.0 Å². The zero-order chi connectivity index (χ0) is 18.1. The summed E-state index contributed by atoms with van der Waals surface area (Å²) in [6.45, 7) is 5.09. The fourth-order valence-electron chi connectivity index (χ4n) is 4.19. The van der Waals surface area contributed by atoms with Gasteiger partial charge in [0.2, 0.25) is 5.91 Å². The first kappa shape index (κ1) is 16.8. The molecule has 1 aromatic carbocycles. The van der Waals surface area contributed by atoms with E-state index < -0.39 is 0 Å². The van der Waals surface area contributed by atoms with E-state index in [0.29, 0.717) is 25.1 Å². The minimum atomic E-state index is 0.0601. The molecule has 6 heteroatoms. The molecule has 0 aliphatic carbocycles. The summed E-state index contributed by atoms with van der Waals surface area (Å²) < 4.78 is 0. The zero-order valence-corrected chi connectivity index (χ0v) is 15.1. The first-order valence-corrected chi connectivity index (χ1v) is 9.27. The first-order chi connectivity index (χ1) is 12.6. The predicted molar refractivity (Wildman–Crippen MR) is 98.5 cm³/mol. The number of carbonyl (C=O) groups is 2. The van der Waals surface area contributed by atoms with Gasteiger partial charge in [-0.05, 0) is 31.9 Å². The molecule has 136 valence electrons. The van der Waals surface area contributed by atoms with Gasteiger partial charge in [0.15, 0.2) is 0 Å². The minimum absolute atomic E-state index is 0.0601. The van der Waals surface area contributed by atoms with Crippen LogP contribution in [0.2, 0.25) is 0 Å². The van der Waals surface area contributed by atoms with Crippen LogP contribution >= 0.6 is 0 Å². The lowest BCUT2D eigenvalue weighted by molar-refractivity contribution is -0.127. The van der Waals surface area contributed by atoms with Crippen LogP contribution in [0.15, 0.2) is 36.7 Å². The molecule has 3 heterocycles. The van der Waals surface area contributed by atoms with Gasteiger partial charge in [0.1, 0.15) is 5.82 Å². The normalized spacial score (nSPS) is 19.3. The van der Waals surface area contributed by atoms with Crippen molar-refractivity contribution < 1.29 is 9.59 Å². The standard InChI is InChI=1S/C20H24N4O2/c1-2-23-14-20(13-17(23)25)6-10-24(11-7-20)19(26)16-5-3-4-15(12-16)18-21-8-9-22-18/h3-5,8-9,12H,2,6-7,10-11,13-14H2,1H3,(H,21,22). The van der Waals surface area contributed by atoms with Crippen molar-refractivity contribution in [1.29, 1.82) is 0 Å². The number of benzene rings is 1. The van der Waals surface area contributed by atoms with Gasteiger partial charge in [-0.2, -0.15) is 0 Å². The minimum Gasteiger partial charge on any atom is -0.345 e. The highest BCUT2D eigenvalue weighted by Gasteiger charge is 2.44. The molecule has 1 aromatic heterocycles. The molecule has 0 atom stereocenters. The van der Waals surface area contributed by atoms with Gasteiger partial charge in [-0.15, -0.1) is 0 Å². The van der Waals surface area contributed by atoms with Crippen LogP contribution in [0.5, 0.6) is 0 Å². The number of aromatic amines is 1. The Morgan fingerprint density at radius 3 is 2.77 bits per heavy atom. The molecule has 2 aromatic rings. The van der Waals surface area contributed by atoms with Crippen LogP contribution < -0.4 is 0 Å². The Morgan fingerprint density at radius 1 is 1.31 bits per heavy atom. The Morgan fingerprint density at radius 2 is 2.12 bits per heavy atom. The molecule has 0 saturated carbocycles. The Bertz CT molecular complexity index is 807. The lowest BCUT2D eigenvalue weighted by Gasteiger charge is -2.38. The van der Waals surface area contributed by atoms with Crippen LogP contribution in [-0.4, -0.2) is 57.8 Å². The number of amides is 2. The van der Waals surface area contributed by atoms with Gasteiger partial charge in [-0.25, -0.2) is 4.98 Å². The number of likely N-dealkylation sites (tertiary alicyclic amines) is 2. The van der Waals surface area contributed by atoms with E-state index in [1.54, 1.807) is 12.4 Å². The Kier molecular flexibility index (Phi) is 4.26. The average Bonchev–Trinajstić information content (AvgIpc) is 3.30. The average molecular weight is 352 g/mol. The summed E-state index contributed by atoms with van der Waals surface area (Å²) in [4.78, 5) is 36.2. The quantitative estimate of drug-likeness (QED) is 0.923. The van der Waals surface area contributed by atoms with Crippen LogP contribution in [0.1, 0.15) is 36.5 Å². The van der Waals surface area contributed by atoms with Gasteiger partial charge >= 0.3 is 0 Å². The summed E-state index contributed by atoms with van der Waals surface area (Å²) in [5.41, 5.74) is 1.67. The number of imidazole rings is 1. The van der Waals surface area contributed by atoms with E-state index in [2.05, 4.69) is 9.97 Å². The van der Waals surface area contributed by atoms with Crippen LogP contribution in [0.4, 0.5) is 0 Å². The summed E-state index contributed by atoms with van der Waals surface area (Å²) in [6.07, 6.45) is 5.92. The Labute approximate surface area is 153 Å². The molecule has 1 spiro atoms. The van der Waals surface area contributed by atoms with Crippen LogP contribution in [-0.2, 0) is 4.79 Å². The molecular formula is C20H24N4O2. The molecule has 2 fully saturated rings. The molecule has 4 rings (SSSR count). The second kappa shape index (κ2) is 6.59. The van der Waals surface area contributed by atoms with Gasteiger partial charge in [0, 0.05) is 61.5 Å². The highest BCUT2D eigenvalue weighted by molar-refractivity contribution is 5.95. The Balaban J connectivity index is 1.45. The molecule has 1 N–H and O–H groups in total. The molecule has 0 radical (unpaired) electrons. The van der Waals surface area contributed by atoms with E-state index >= 15 is 0 Å². The lowest BCUT2D eigenvalue weighted by atomic mass is 9.77. The van der Waals surface area contributed by atoms with Crippen molar-refractivity contribution in [2.24, 2.45) is 5.41 Å². The maximum Gasteiger partial charge on any atom is 0.253 e. The van der Waals surface area contributed by atoms with Crippen LogP contribution in [0, 0.1) is 5.41 Å². The third-order valence-corrected chi connectivity index (χ3v) is 5.78. The number of hydrogen-bond donors (Lipinski definition) is 1. The fraction of sp³-hybridized carbons (Fsp3) is 0.450. The van der Waals surface area contributed by atoms with Crippen molar-refractivity contribution in [1.82, 2.24) is 19.8 Å². The number of aromatic nitrogens is 2. The van der Waals surface area contributed by atoms with Crippen molar-refractivity contribution >= 4 is 11.8 Å². The third-order valence-electron chi connectivity index (χ3n) is 5.78. The topological polar surface area (TPSA) is 69.3 Å². The first-order valence-electron chi connectivity index (χ1n) is 9.27. The smallest absolute Gasteiger partial charge is 0.253 e. The molecule has 0 bridgehead atoms. The van der Waals surface area contributed by atoms with E-state index in [1.165, 1.54) is 0 Å². The summed E-state index contributed by atoms with van der Waals surface area (Å²) in [7, 11) is 0. The largest absolute Gasteiger partial charge is 0.345 e. The number of hydrogen-bond acceptors (Lipinski definition) is 3. The van der Waals surface area contributed by atoms with Crippen molar-refractivity contribution in [3.8, 4) is 11.4 Å². The number of nitrogens with zero attached hydrogens (tertiary/aromatic N) is 3. The predicted octanol–water partition coefficient (Wildman–Crippen LogP) is 2.55. The van der Waals surface area contributed by atoms with Crippen LogP contribution in [0.3, 0.4) is 0 Å². The van der Waals surface area contributed by atoms with E-state index in [0.717, 1.165) is 37.3 Å². The van der Waals surface area contributed by atoms with Crippen LogP contribution in [0.25, 0.3) is 11.4 Å². The van der Waals surface area contributed by atoms with Gasteiger partial charge in [0.05, 0.1) is 0 Å². The number of H-pyrrole nitrogens is 1. The summed E-state index contributed by atoms with van der Waals surface area (Å²) in [5.74, 6) is 1.09. The summed E-state index contributed by atoms with van der Waals surface area (Å²) in [5, 5.41) is 0. The van der Waals surface area contributed by atoms with Gasteiger partial charge in [0.25, 0.3) is 5.91 Å². The highest BCUT2D eigenvalue weighted by atomic mass is 16.2. The molecular weight excluding hydrogens is 328 g/mol. The van der Waals surface area contributed by atoms with Gasteiger partial charge < -0.3 is 14.8 Å². The van der Waals surface area contributed by atoms with Gasteiger partial charge in [-0.1, -0.05) is 12.1 Å². The molecule has 6 nitrogen and oxygen atoms in total. The number of nitrogens with one attached hydrogen (secondary N) is 1. The van der Waals surface area contributed by atoms with Crippen molar-refractivity contribution in [3.05, 3.63) is 42.2 Å². The molecule has 2 saturated heterocycles. The zero-order valence-electron chi connectivity index (χ0n) is 15.1. The molecule has 2 amide bonds. The molecule has 2 aliphatic heterocycles. The third kappa shape index (κ3) is 3.00. The Hall–Kier alpha value is -2.63. The number of carbonyl (C=O) groups excluding carboxylic acids is 2. The second-order valence-electron chi connectivity index (χ2n) is 7.40.